The lowest BCUT2D eigenvalue weighted by Crippen LogP contribution is -2.27. The van der Waals surface area contributed by atoms with E-state index in [9.17, 15) is 27.2 Å². The Hall–Kier alpha value is -3.48. The summed E-state index contributed by atoms with van der Waals surface area (Å²) < 4.78 is 44.9. The molecule has 3 aromatic carbocycles. The second-order valence-electron chi connectivity index (χ2n) is 7.79. The molecular formula is C25H18BrFN2O6S2. The Morgan fingerprint density at radius 1 is 1.11 bits per heavy atom. The molecule has 0 aromatic heterocycles. The average Bonchev–Trinajstić information content (AvgIpc) is 3.09. The van der Waals surface area contributed by atoms with Gasteiger partial charge in [-0.25, -0.2) is 4.39 Å². The lowest BCUT2D eigenvalue weighted by molar-refractivity contribution is -0.123. The van der Waals surface area contributed by atoms with Crippen molar-refractivity contribution >= 4 is 66.6 Å². The van der Waals surface area contributed by atoms with Crippen molar-refractivity contribution in [3.05, 3.63) is 93.1 Å². The number of thioether (sulfide) groups is 1. The van der Waals surface area contributed by atoms with Gasteiger partial charge in [0.05, 0.1) is 15.9 Å². The van der Waals surface area contributed by atoms with Gasteiger partial charge in [0, 0.05) is 18.2 Å². The number of rotatable bonds is 7. The number of nitrogens with zero attached hydrogens (tertiary/aromatic N) is 1. The predicted octanol–water partition coefficient (Wildman–Crippen LogP) is 5.55. The SMILES string of the molecule is CC(=O)Nc1ccc(S(=O)(=O)Oc2ccc(/C=C3\SC(=O)N(Cc4ccccc4F)C3=O)cc2Br)cc1. The van der Waals surface area contributed by atoms with Crippen LogP contribution in [-0.4, -0.2) is 30.4 Å². The Morgan fingerprint density at radius 2 is 1.81 bits per heavy atom. The van der Waals surface area contributed by atoms with Crippen molar-refractivity contribution in [2.75, 3.05) is 5.32 Å². The van der Waals surface area contributed by atoms with Crippen LogP contribution in [-0.2, 0) is 26.3 Å². The predicted molar refractivity (Wildman–Crippen MR) is 141 cm³/mol. The lowest BCUT2D eigenvalue weighted by atomic mass is 10.2. The van der Waals surface area contributed by atoms with Crippen LogP contribution in [0.3, 0.4) is 0 Å². The number of carbonyl (C=O) groups is 3. The molecule has 37 heavy (non-hydrogen) atoms. The van der Waals surface area contributed by atoms with Gasteiger partial charge in [0.2, 0.25) is 5.91 Å². The molecule has 190 valence electrons. The van der Waals surface area contributed by atoms with Crippen molar-refractivity contribution in [2.45, 2.75) is 18.4 Å². The quantitative estimate of drug-likeness (QED) is 0.278. The Bertz CT molecular complexity index is 1540. The minimum atomic E-state index is -4.17. The fourth-order valence-electron chi connectivity index (χ4n) is 3.33. The summed E-state index contributed by atoms with van der Waals surface area (Å²) in [6, 6.07) is 15.9. The molecule has 0 radical (unpaired) electrons. The molecular weight excluding hydrogens is 587 g/mol. The molecule has 1 N–H and O–H groups in total. The van der Waals surface area contributed by atoms with E-state index >= 15 is 0 Å². The summed E-state index contributed by atoms with van der Waals surface area (Å²) >= 11 is 4.01. The number of carbonyl (C=O) groups excluding carboxylic acids is 3. The second-order valence-corrected chi connectivity index (χ2v) is 11.2. The topological polar surface area (TPSA) is 110 Å². The molecule has 0 spiro atoms. The van der Waals surface area contributed by atoms with E-state index in [0.29, 0.717) is 15.7 Å². The zero-order valence-electron chi connectivity index (χ0n) is 19.1. The first-order valence-electron chi connectivity index (χ1n) is 10.6. The van der Waals surface area contributed by atoms with Crippen LogP contribution in [0.2, 0.25) is 0 Å². The molecule has 8 nitrogen and oxygen atoms in total. The van der Waals surface area contributed by atoms with Gasteiger partial charge in [0.1, 0.15) is 10.7 Å². The number of hydrogen-bond acceptors (Lipinski definition) is 7. The van der Waals surface area contributed by atoms with Gasteiger partial charge in [0.25, 0.3) is 11.1 Å². The number of imide groups is 1. The first kappa shape index (κ1) is 26.6. The van der Waals surface area contributed by atoms with E-state index in [-0.39, 0.29) is 33.6 Å². The van der Waals surface area contributed by atoms with Crippen molar-refractivity contribution < 1.29 is 31.4 Å². The first-order chi connectivity index (χ1) is 17.5. The van der Waals surface area contributed by atoms with E-state index in [2.05, 4.69) is 21.2 Å². The number of benzene rings is 3. The first-order valence-corrected chi connectivity index (χ1v) is 13.7. The fourth-order valence-corrected chi connectivity index (χ4v) is 5.70. The van der Waals surface area contributed by atoms with Gasteiger partial charge in [-0.2, -0.15) is 8.42 Å². The molecule has 3 aromatic rings. The molecule has 0 saturated carbocycles. The van der Waals surface area contributed by atoms with Crippen LogP contribution in [0.1, 0.15) is 18.1 Å². The lowest BCUT2D eigenvalue weighted by Gasteiger charge is -2.12. The highest BCUT2D eigenvalue weighted by Crippen LogP contribution is 2.35. The molecule has 1 fully saturated rings. The van der Waals surface area contributed by atoms with Gasteiger partial charge in [-0.3, -0.25) is 19.3 Å². The van der Waals surface area contributed by atoms with Crippen LogP contribution >= 0.6 is 27.7 Å². The zero-order valence-corrected chi connectivity index (χ0v) is 22.3. The summed E-state index contributed by atoms with van der Waals surface area (Å²) in [5, 5.41) is 2.03. The molecule has 1 saturated heterocycles. The van der Waals surface area contributed by atoms with Crippen molar-refractivity contribution in [1.82, 2.24) is 4.90 Å². The van der Waals surface area contributed by atoms with Crippen LogP contribution in [0, 0.1) is 5.82 Å². The van der Waals surface area contributed by atoms with Gasteiger partial charge in [0.15, 0.2) is 5.75 Å². The summed E-state index contributed by atoms with van der Waals surface area (Å²) in [6.45, 7) is 1.15. The fraction of sp³-hybridized carbons (Fsp3) is 0.0800. The van der Waals surface area contributed by atoms with E-state index in [1.165, 1.54) is 73.7 Å². The number of hydrogen-bond donors (Lipinski definition) is 1. The highest BCUT2D eigenvalue weighted by atomic mass is 79.9. The Kier molecular flexibility index (Phi) is 7.81. The van der Waals surface area contributed by atoms with E-state index in [1.54, 1.807) is 6.07 Å². The molecule has 1 heterocycles. The number of amides is 3. The summed E-state index contributed by atoms with van der Waals surface area (Å²) in [5.41, 5.74) is 1.17. The number of halogens is 2. The van der Waals surface area contributed by atoms with E-state index in [1.807, 2.05) is 0 Å². The minimum Gasteiger partial charge on any atom is -0.378 e. The zero-order chi connectivity index (χ0) is 26.7. The summed E-state index contributed by atoms with van der Waals surface area (Å²) in [6.07, 6.45) is 1.48. The molecule has 1 aliphatic heterocycles. The standard InChI is InChI=1S/C25H18BrFN2O6S2/c1-15(30)28-18-7-9-19(10-8-18)37(33,34)35-22-11-6-16(12-20(22)26)13-23-24(31)29(25(32)36-23)14-17-4-2-3-5-21(17)27/h2-13H,14H2,1H3,(H,28,30)/b23-13-. The number of anilines is 1. The van der Waals surface area contributed by atoms with Crippen LogP contribution in [0.25, 0.3) is 6.08 Å². The third-order valence-electron chi connectivity index (χ3n) is 5.08. The van der Waals surface area contributed by atoms with Gasteiger partial charge in [-0.05, 0) is 81.8 Å². The number of nitrogens with one attached hydrogen (secondary N) is 1. The Morgan fingerprint density at radius 3 is 2.46 bits per heavy atom. The Labute approximate surface area is 224 Å². The van der Waals surface area contributed by atoms with Crippen molar-refractivity contribution in [3.8, 4) is 5.75 Å². The minimum absolute atomic E-state index is 0.00995. The van der Waals surface area contributed by atoms with E-state index in [4.69, 9.17) is 4.18 Å². The molecule has 3 amide bonds. The van der Waals surface area contributed by atoms with Crippen LogP contribution in [0.15, 0.2) is 81.0 Å². The van der Waals surface area contributed by atoms with E-state index in [0.717, 1.165) is 16.7 Å². The third kappa shape index (κ3) is 6.27. The van der Waals surface area contributed by atoms with Crippen LogP contribution in [0.5, 0.6) is 5.75 Å². The maximum absolute atomic E-state index is 14.0. The molecule has 0 unspecified atom stereocenters. The maximum atomic E-state index is 14.0. The third-order valence-corrected chi connectivity index (χ3v) is 7.85. The Balaban J connectivity index is 1.49. The van der Waals surface area contributed by atoms with Gasteiger partial charge < -0.3 is 9.50 Å². The maximum Gasteiger partial charge on any atom is 0.339 e. The van der Waals surface area contributed by atoms with Crippen molar-refractivity contribution in [1.29, 1.82) is 0 Å². The highest BCUT2D eigenvalue weighted by molar-refractivity contribution is 9.10. The molecule has 0 bridgehead atoms. The summed E-state index contributed by atoms with van der Waals surface area (Å²) in [4.78, 5) is 37.3. The van der Waals surface area contributed by atoms with Gasteiger partial charge in [-0.15, -0.1) is 0 Å². The summed E-state index contributed by atoms with van der Waals surface area (Å²) in [7, 11) is -4.17. The largest absolute Gasteiger partial charge is 0.378 e. The van der Waals surface area contributed by atoms with Gasteiger partial charge in [-0.1, -0.05) is 24.3 Å². The van der Waals surface area contributed by atoms with Crippen molar-refractivity contribution in [2.24, 2.45) is 0 Å². The van der Waals surface area contributed by atoms with Gasteiger partial charge >= 0.3 is 10.1 Å². The van der Waals surface area contributed by atoms with Crippen LogP contribution in [0.4, 0.5) is 14.9 Å². The monoisotopic (exact) mass is 604 g/mol. The van der Waals surface area contributed by atoms with Crippen LogP contribution < -0.4 is 9.50 Å². The van der Waals surface area contributed by atoms with E-state index < -0.39 is 27.1 Å². The normalized spacial score (nSPS) is 14.8. The second kappa shape index (κ2) is 10.9. The summed E-state index contributed by atoms with van der Waals surface area (Å²) in [5.74, 6) is -1.34. The molecule has 12 heteroatoms. The smallest absolute Gasteiger partial charge is 0.339 e. The average molecular weight is 605 g/mol. The van der Waals surface area contributed by atoms with Crippen molar-refractivity contribution in [3.63, 3.8) is 0 Å². The molecule has 4 rings (SSSR count). The molecule has 0 aliphatic carbocycles. The molecule has 0 atom stereocenters. The highest BCUT2D eigenvalue weighted by Gasteiger charge is 2.35. The molecule has 1 aliphatic rings.